The third-order valence-corrected chi connectivity index (χ3v) is 4.22. The summed E-state index contributed by atoms with van der Waals surface area (Å²) in [6, 6.07) is 6.48. The average molecular weight is 365 g/mol. The predicted octanol–water partition coefficient (Wildman–Crippen LogP) is 3.03. The molecule has 134 valence electrons. The Morgan fingerprint density at radius 3 is 2.52 bits per heavy atom. The molecule has 1 aliphatic rings. The normalized spacial score (nSPS) is 15.7. The van der Waals surface area contributed by atoms with E-state index in [-0.39, 0.29) is 25.7 Å². The van der Waals surface area contributed by atoms with Crippen LogP contribution in [0, 0.1) is 5.92 Å². The summed E-state index contributed by atoms with van der Waals surface area (Å²) >= 11 is 5.88. The highest BCUT2D eigenvalue weighted by Gasteiger charge is 2.36. The van der Waals surface area contributed by atoms with Gasteiger partial charge in [0.15, 0.2) is 6.73 Å². The van der Waals surface area contributed by atoms with Crippen LogP contribution in [-0.2, 0) is 14.3 Å². The summed E-state index contributed by atoms with van der Waals surface area (Å²) in [4.78, 5) is 38.8. The van der Waals surface area contributed by atoms with E-state index in [9.17, 15) is 14.4 Å². The topological polar surface area (TPSA) is 66.9 Å². The van der Waals surface area contributed by atoms with Crippen LogP contribution in [0.25, 0.3) is 0 Å². The number of carbonyl (C=O) groups excluding carboxylic acids is 3. The summed E-state index contributed by atoms with van der Waals surface area (Å²) in [6.45, 7) is 7.20. The van der Waals surface area contributed by atoms with Crippen LogP contribution in [0.5, 0.6) is 0 Å². The second-order valence-electron chi connectivity index (χ2n) is 6.14. The van der Waals surface area contributed by atoms with E-state index in [2.05, 4.69) is 6.58 Å². The Morgan fingerprint density at radius 1 is 1.32 bits per heavy atom. The Balaban J connectivity index is 2.04. The fourth-order valence-corrected chi connectivity index (χ4v) is 2.83. The van der Waals surface area contributed by atoms with Crippen LogP contribution >= 0.6 is 11.6 Å². The Hall–Kier alpha value is -2.34. The quantitative estimate of drug-likeness (QED) is 0.423. The molecular weight excluding hydrogens is 344 g/mol. The molecule has 1 saturated heterocycles. The molecule has 25 heavy (non-hydrogen) atoms. The monoisotopic (exact) mass is 364 g/mol. The molecule has 0 spiro atoms. The van der Waals surface area contributed by atoms with Crippen molar-refractivity contribution in [1.29, 1.82) is 0 Å². The van der Waals surface area contributed by atoms with Crippen molar-refractivity contribution in [1.82, 2.24) is 9.80 Å². The first-order chi connectivity index (χ1) is 11.8. The SMILES string of the molecule is C=CCN1CC(=O)N(COC(=O)C(c2ccc(Cl)cc2)C(C)C)C1=O. The fourth-order valence-electron chi connectivity index (χ4n) is 2.70. The Bertz CT molecular complexity index is 672. The third kappa shape index (κ3) is 4.39. The zero-order chi connectivity index (χ0) is 18.6. The van der Waals surface area contributed by atoms with Crippen molar-refractivity contribution in [2.24, 2.45) is 5.92 Å². The summed E-state index contributed by atoms with van der Waals surface area (Å²) in [5.41, 5.74) is 0.775. The van der Waals surface area contributed by atoms with E-state index in [0.717, 1.165) is 10.5 Å². The molecule has 1 aromatic rings. The lowest BCUT2D eigenvalue weighted by Crippen LogP contribution is -2.36. The summed E-state index contributed by atoms with van der Waals surface area (Å²) in [7, 11) is 0. The number of carbonyl (C=O) groups is 3. The highest BCUT2D eigenvalue weighted by molar-refractivity contribution is 6.30. The van der Waals surface area contributed by atoms with Gasteiger partial charge in [-0.2, -0.15) is 0 Å². The number of hydrogen-bond acceptors (Lipinski definition) is 4. The number of imide groups is 1. The van der Waals surface area contributed by atoms with E-state index in [1.165, 1.54) is 11.0 Å². The van der Waals surface area contributed by atoms with Gasteiger partial charge >= 0.3 is 12.0 Å². The van der Waals surface area contributed by atoms with Gasteiger partial charge in [-0.25, -0.2) is 9.69 Å². The minimum Gasteiger partial charge on any atom is -0.443 e. The Labute approximate surface area is 152 Å². The van der Waals surface area contributed by atoms with Crippen LogP contribution in [0.1, 0.15) is 25.3 Å². The Kier molecular flexibility index (Phi) is 6.20. The first-order valence-electron chi connectivity index (χ1n) is 7.97. The van der Waals surface area contributed by atoms with E-state index in [4.69, 9.17) is 16.3 Å². The number of benzene rings is 1. The molecule has 1 aromatic carbocycles. The van der Waals surface area contributed by atoms with Crippen LogP contribution in [0.4, 0.5) is 4.79 Å². The first-order valence-corrected chi connectivity index (χ1v) is 8.35. The van der Waals surface area contributed by atoms with Gasteiger partial charge in [0, 0.05) is 11.6 Å². The van der Waals surface area contributed by atoms with Gasteiger partial charge < -0.3 is 9.64 Å². The smallest absolute Gasteiger partial charge is 0.330 e. The molecule has 1 heterocycles. The first kappa shape index (κ1) is 19.0. The van der Waals surface area contributed by atoms with E-state index < -0.39 is 23.8 Å². The summed E-state index contributed by atoms with van der Waals surface area (Å²) in [6.07, 6.45) is 1.54. The zero-order valence-corrected chi connectivity index (χ0v) is 15.0. The van der Waals surface area contributed by atoms with Gasteiger partial charge in [-0.1, -0.05) is 43.7 Å². The standard InChI is InChI=1S/C18H21ClN2O4/c1-4-9-20-10-15(22)21(18(20)24)11-25-17(23)16(12(2)3)13-5-7-14(19)8-6-13/h4-8,12,16H,1,9-11H2,2-3H3. The highest BCUT2D eigenvalue weighted by Crippen LogP contribution is 2.27. The van der Waals surface area contributed by atoms with Crippen LogP contribution in [0.15, 0.2) is 36.9 Å². The molecule has 7 heteroatoms. The van der Waals surface area contributed by atoms with E-state index in [1.807, 2.05) is 13.8 Å². The molecule has 0 saturated carbocycles. The van der Waals surface area contributed by atoms with Crippen LogP contribution in [-0.4, -0.2) is 47.5 Å². The summed E-state index contributed by atoms with van der Waals surface area (Å²) in [5.74, 6) is -1.40. The molecular formula is C18H21ClN2O4. The Morgan fingerprint density at radius 2 is 1.96 bits per heavy atom. The van der Waals surface area contributed by atoms with E-state index in [1.54, 1.807) is 24.3 Å². The lowest BCUT2D eigenvalue weighted by Gasteiger charge is -2.22. The van der Waals surface area contributed by atoms with Crippen molar-refractivity contribution < 1.29 is 19.1 Å². The van der Waals surface area contributed by atoms with Crippen molar-refractivity contribution in [3.05, 3.63) is 47.5 Å². The molecule has 0 radical (unpaired) electrons. The number of rotatable bonds is 7. The van der Waals surface area contributed by atoms with Gasteiger partial charge in [0.2, 0.25) is 0 Å². The molecule has 0 aromatic heterocycles. The molecule has 6 nitrogen and oxygen atoms in total. The molecule has 1 unspecified atom stereocenters. The van der Waals surface area contributed by atoms with Gasteiger partial charge in [-0.3, -0.25) is 9.59 Å². The number of hydrogen-bond donors (Lipinski definition) is 0. The van der Waals surface area contributed by atoms with Crippen LogP contribution in [0.2, 0.25) is 5.02 Å². The largest absolute Gasteiger partial charge is 0.443 e. The van der Waals surface area contributed by atoms with Gasteiger partial charge in [0.1, 0.15) is 6.54 Å². The second kappa shape index (κ2) is 8.16. The van der Waals surface area contributed by atoms with Gasteiger partial charge in [-0.05, 0) is 23.6 Å². The molecule has 3 amide bonds. The second-order valence-corrected chi connectivity index (χ2v) is 6.58. The molecule has 0 aliphatic carbocycles. The number of halogens is 1. The van der Waals surface area contributed by atoms with Gasteiger partial charge in [-0.15, -0.1) is 6.58 Å². The number of nitrogens with zero attached hydrogens (tertiary/aromatic N) is 2. The maximum Gasteiger partial charge on any atom is 0.330 e. The number of esters is 1. The van der Waals surface area contributed by atoms with Gasteiger partial charge in [0.25, 0.3) is 5.91 Å². The number of urea groups is 1. The average Bonchev–Trinajstić information content (AvgIpc) is 2.81. The fraction of sp³-hybridized carbons (Fsp3) is 0.389. The minimum atomic E-state index is -0.505. The summed E-state index contributed by atoms with van der Waals surface area (Å²) in [5, 5.41) is 0.579. The van der Waals surface area contributed by atoms with Crippen molar-refractivity contribution in [3.8, 4) is 0 Å². The molecule has 2 rings (SSSR count). The molecule has 1 fully saturated rings. The zero-order valence-electron chi connectivity index (χ0n) is 14.3. The van der Waals surface area contributed by atoms with Crippen molar-refractivity contribution in [2.75, 3.05) is 19.8 Å². The van der Waals surface area contributed by atoms with Crippen molar-refractivity contribution >= 4 is 29.5 Å². The molecule has 1 atom stereocenters. The number of amides is 3. The van der Waals surface area contributed by atoms with E-state index >= 15 is 0 Å². The van der Waals surface area contributed by atoms with Crippen LogP contribution in [0.3, 0.4) is 0 Å². The summed E-state index contributed by atoms with van der Waals surface area (Å²) < 4.78 is 5.26. The van der Waals surface area contributed by atoms with Crippen molar-refractivity contribution in [2.45, 2.75) is 19.8 Å². The van der Waals surface area contributed by atoms with Gasteiger partial charge in [0.05, 0.1) is 5.92 Å². The number of ether oxygens (including phenoxy) is 1. The minimum absolute atomic E-state index is 0.0177. The predicted molar refractivity (Wildman–Crippen MR) is 94.0 cm³/mol. The molecule has 0 bridgehead atoms. The van der Waals surface area contributed by atoms with E-state index in [0.29, 0.717) is 5.02 Å². The van der Waals surface area contributed by atoms with Crippen LogP contribution < -0.4 is 0 Å². The highest BCUT2D eigenvalue weighted by atomic mass is 35.5. The maximum absolute atomic E-state index is 12.5. The lowest BCUT2D eigenvalue weighted by molar-refractivity contribution is -0.151. The molecule has 1 aliphatic heterocycles. The molecule has 0 N–H and O–H groups in total. The lowest BCUT2D eigenvalue weighted by atomic mass is 9.88. The maximum atomic E-state index is 12.5. The third-order valence-electron chi connectivity index (χ3n) is 3.96. The van der Waals surface area contributed by atoms with Crippen molar-refractivity contribution in [3.63, 3.8) is 0 Å².